The fourth-order valence-electron chi connectivity index (χ4n) is 2.22. The van der Waals surface area contributed by atoms with Gasteiger partial charge in [0.25, 0.3) is 0 Å². The summed E-state index contributed by atoms with van der Waals surface area (Å²) in [6.45, 7) is 10.8. The maximum absolute atomic E-state index is 4.52. The van der Waals surface area contributed by atoms with Crippen LogP contribution in [0.1, 0.15) is 33.4 Å². The standard InChI is InChI=1S/C14H26N4/c1-10(2)13(11(3)4)8-17-14-9-16-7-12(18-14)6-15-5/h7,9-11,13,15H,6,8H2,1-5H3,(H,17,18). The molecule has 0 unspecified atom stereocenters. The van der Waals surface area contributed by atoms with Gasteiger partial charge in [-0.3, -0.25) is 4.98 Å². The Labute approximate surface area is 111 Å². The quantitative estimate of drug-likeness (QED) is 0.781. The molecule has 102 valence electrons. The van der Waals surface area contributed by atoms with Gasteiger partial charge in [-0.05, 0) is 24.8 Å². The van der Waals surface area contributed by atoms with Crippen LogP contribution >= 0.6 is 0 Å². The summed E-state index contributed by atoms with van der Waals surface area (Å²) in [5, 5.41) is 6.49. The Kier molecular flexibility index (Phi) is 6.05. The van der Waals surface area contributed by atoms with Crippen LogP contribution < -0.4 is 10.6 Å². The van der Waals surface area contributed by atoms with E-state index in [4.69, 9.17) is 0 Å². The largest absolute Gasteiger partial charge is 0.368 e. The summed E-state index contributed by atoms with van der Waals surface area (Å²) in [6.07, 6.45) is 3.58. The summed E-state index contributed by atoms with van der Waals surface area (Å²) in [5.41, 5.74) is 0.966. The molecule has 0 aromatic carbocycles. The van der Waals surface area contributed by atoms with Crippen LogP contribution in [-0.4, -0.2) is 23.6 Å². The number of nitrogens with zero attached hydrogens (tertiary/aromatic N) is 2. The van der Waals surface area contributed by atoms with E-state index in [9.17, 15) is 0 Å². The first kappa shape index (κ1) is 14.9. The van der Waals surface area contributed by atoms with Crippen molar-refractivity contribution >= 4 is 5.82 Å². The molecule has 1 aromatic heterocycles. The van der Waals surface area contributed by atoms with Crippen LogP contribution in [0.25, 0.3) is 0 Å². The summed E-state index contributed by atoms with van der Waals surface area (Å²) >= 11 is 0. The number of aromatic nitrogens is 2. The molecule has 0 amide bonds. The summed E-state index contributed by atoms with van der Waals surface area (Å²) in [7, 11) is 1.91. The van der Waals surface area contributed by atoms with Crippen molar-refractivity contribution in [3.05, 3.63) is 18.1 Å². The Hall–Kier alpha value is -1.16. The first-order valence-electron chi connectivity index (χ1n) is 6.74. The monoisotopic (exact) mass is 250 g/mol. The molecule has 1 heterocycles. The summed E-state index contributed by atoms with van der Waals surface area (Å²) < 4.78 is 0. The first-order chi connectivity index (χ1) is 8.54. The molecular weight excluding hydrogens is 224 g/mol. The molecule has 0 fully saturated rings. The average molecular weight is 250 g/mol. The molecular formula is C14H26N4. The molecule has 0 radical (unpaired) electrons. The minimum atomic E-state index is 0.653. The van der Waals surface area contributed by atoms with Crippen molar-refractivity contribution in [1.29, 1.82) is 0 Å². The SMILES string of the molecule is CNCc1cncc(NCC(C(C)C)C(C)C)n1. The minimum absolute atomic E-state index is 0.653. The maximum atomic E-state index is 4.52. The molecule has 0 aliphatic heterocycles. The van der Waals surface area contributed by atoms with Crippen molar-refractivity contribution < 1.29 is 0 Å². The van der Waals surface area contributed by atoms with Gasteiger partial charge in [-0.1, -0.05) is 27.7 Å². The number of rotatable bonds is 7. The van der Waals surface area contributed by atoms with Gasteiger partial charge in [0.2, 0.25) is 0 Å². The molecule has 4 heteroatoms. The fraction of sp³-hybridized carbons (Fsp3) is 0.714. The van der Waals surface area contributed by atoms with E-state index in [0.717, 1.165) is 24.6 Å². The summed E-state index contributed by atoms with van der Waals surface area (Å²) in [5.74, 6) is 2.87. The smallest absolute Gasteiger partial charge is 0.144 e. The Balaban J connectivity index is 2.59. The van der Waals surface area contributed by atoms with Crippen LogP contribution in [0.15, 0.2) is 12.4 Å². The van der Waals surface area contributed by atoms with Crippen LogP contribution in [0.3, 0.4) is 0 Å². The topological polar surface area (TPSA) is 49.8 Å². The molecule has 0 saturated heterocycles. The van der Waals surface area contributed by atoms with Gasteiger partial charge in [0, 0.05) is 19.3 Å². The molecule has 2 N–H and O–H groups in total. The highest BCUT2D eigenvalue weighted by Crippen LogP contribution is 2.20. The first-order valence-corrected chi connectivity index (χ1v) is 6.74. The lowest BCUT2D eigenvalue weighted by molar-refractivity contribution is 0.304. The number of nitrogens with one attached hydrogen (secondary N) is 2. The van der Waals surface area contributed by atoms with Gasteiger partial charge in [-0.25, -0.2) is 4.98 Å². The van der Waals surface area contributed by atoms with Crippen molar-refractivity contribution in [2.24, 2.45) is 17.8 Å². The van der Waals surface area contributed by atoms with Crippen LogP contribution in [0.4, 0.5) is 5.82 Å². The van der Waals surface area contributed by atoms with Crippen LogP contribution in [0.5, 0.6) is 0 Å². The second kappa shape index (κ2) is 7.31. The van der Waals surface area contributed by atoms with E-state index >= 15 is 0 Å². The molecule has 1 aromatic rings. The van der Waals surface area contributed by atoms with Gasteiger partial charge in [0.05, 0.1) is 11.9 Å². The van der Waals surface area contributed by atoms with E-state index in [1.165, 1.54) is 0 Å². The molecule has 0 aliphatic rings. The summed E-state index contributed by atoms with van der Waals surface area (Å²) in [6, 6.07) is 0. The second-order valence-corrected chi connectivity index (χ2v) is 5.46. The van der Waals surface area contributed by atoms with Crippen LogP contribution in [0, 0.1) is 17.8 Å². The van der Waals surface area contributed by atoms with Gasteiger partial charge < -0.3 is 10.6 Å². The van der Waals surface area contributed by atoms with Crippen LogP contribution in [-0.2, 0) is 6.54 Å². The molecule has 18 heavy (non-hydrogen) atoms. The van der Waals surface area contributed by atoms with E-state index in [1.807, 2.05) is 7.05 Å². The minimum Gasteiger partial charge on any atom is -0.368 e. The normalized spacial score (nSPS) is 11.6. The highest BCUT2D eigenvalue weighted by molar-refractivity contribution is 5.31. The Morgan fingerprint density at radius 3 is 2.33 bits per heavy atom. The second-order valence-electron chi connectivity index (χ2n) is 5.46. The molecule has 0 spiro atoms. The zero-order valence-electron chi connectivity index (χ0n) is 12.2. The van der Waals surface area contributed by atoms with Gasteiger partial charge in [0.1, 0.15) is 5.82 Å². The lowest BCUT2D eigenvalue weighted by Crippen LogP contribution is -2.25. The third-order valence-electron chi connectivity index (χ3n) is 3.27. The Morgan fingerprint density at radius 2 is 1.78 bits per heavy atom. The van der Waals surface area contributed by atoms with E-state index < -0.39 is 0 Å². The lowest BCUT2D eigenvalue weighted by Gasteiger charge is -2.25. The molecule has 0 bridgehead atoms. The molecule has 0 saturated carbocycles. The average Bonchev–Trinajstić information content (AvgIpc) is 2.29. The molecule has 1 rings (SSSR count). The fourth-order valence-corrected chi connectivity index (χ4v) is 2.22. The highest BCUT2D eigenvalue weighted by atomic mass is 15.0. The van der Waals surface area contributed by atoms with Gasteiger partial charge in [-0.15, -0.1) is 0 Å². The van der Waals surface area contributed by atoms with Gasteiger partial charge in [0.15, 0.2) is 0 Å². The van der Waals surface area contributed by atoms with Crippen molar-refractivity contribution in [1.82, 2.24) is 15.3 Å². The van der Waals surface area contributed by atoms with E-state index in [2.05, 4.69) is 48.3 Å². The van der Waals surface area contributed by atoms with Gasteiger partial charge in [-0.2, -0.15) is 0 Å². The van der Waals surface area contributed by atoms with Crippen molar-refractivity contribution in [2.75, 3.05) is 18.9 Å². The predicted molar refractivity (Wildman–Crippen MR) is 76.5 cm³/mol. The van der Waals surface area contributed by atoms with Crippen molar-refractivity contribution in [3.63, 3.8) is 0 Å². The van der Waals surface area contributed by atoms with Crippen molar-refractivity contribution in [3.8, 4) is 0 Å². The van der Waals surface area contributed by atoms with E-state index in [0.29, 0.717) is 17.8 Å². The van der Waals surface area contributed by atoms with E-state index in [1.54, 1.807) is 12.4 Å². The van der Waals surface area contributed by atoms with Crippen molar-refractivity contribution in [2.45, 2.75) is 34.2 Å². The third kappa shape index (κ3) is 4.61. The highest BCUT2D eigenvalue weighted by Gasteiger charge is 2.17. The molecule has 0 aliphatic carbocycles. The Morgan fingerprint density at radius 1 is 1.11 bits per heavy atom. The summed E-state index contributed by atoms with van der Waals surface area (Å²) in [4.78, 5) is 8.72. The lowest BCUT2D eigenvalue weighted by atomic mass is 9.85. The zero-order valence-corrected chi connectivity index (χ0v) is 12.2. The van der Waals surface area contributed by atoms with E-state index in [-0.39, 0.29) is 0 Å². The zero-order chi connectivity index (χ0) is 13.5. The van der Waals surface area contributed by atoms with Crippen LogP contribution in [0.2, 0.25) is 0 Å². The van der Waals surface area contributed by atoms with Gasteiger partial charge >= 0.3 is 0 Å². The third-order valence-corrected chi connectivity index (χ3v) is 3.27. The predicted octanol–water partition coefficient (Wildman–Crippen LogP) is 2.54. The maximum Gasteiger partial charge on any atom is 0.144 e. The Bertz CT molecular complexity index is 341. The molecule has 0 atom stereocenters. The number of hydrogen-bond donors (Lipinski definition) is 2. The number of anilines is 1. The molecule has 4 nitrogen and oxygen atoms in total. The number of hydrogen-bond acceptors (Lipinski definition) is 4.